The van der Waals surface area contributed by atoms with Crippen molar-refractivity contribution in [2.75, 3.05) is 0 Å². The fourth-order valence-corrected chi connectivity index (χ4v) is 3.00. The minimum atomic E-state index is -0.981. The van der Waals surface area contributed by atoms with Crippen LogP contribution < -0.4 is 0 Å². The number of phenols is 1. The molecule has 0 saturated carbocycles. The third-order valence-corrected chi connectivity index (χ3v) is 4.09. The van der Waals surface area contributed by atoms with E-state index in [-0.39, 0.29) is 28.9 Å². The molecule has 0 radical (unpaired) electrons. The number of phenolic OH excluding ortho intramolecular Hbond substituents is 1. The van der Waals surface area contributed by atoms with Crippen molar-refractivity contribution >= 4 is 11.8 Å². The van der Waals surface area contributed by atoms with Crippen molar-refractivity contribution in [2.45, 2.75) is 32.1 Å². The highest BCUT2D eigenvalue weighted by Crippen LogP contribution is 2.37. The molecule has 2 N–H and O–H groups in total. The quantitative estimate of drug-likeness (QED) is 0.846. The van der Waals surface area contributed by atoms with Crippen molar-refractivity contribution in [1.82, 2.24) is 0 Å². The first-order chi connectivity index (χ1) is 10.9. The Labute approximate surface area is 135 Å². The van der Waals surface area contributed by atoms with E-state index >= 15 is 0 Å². The summed E-state index contributed by atoms with van der Waals surface area (Å²) in [5.74, 6) is -1.30. The average Bonchev–Trinajstić information content (AvgIpc) is 2.53. The number of carbonyl (C=O) groups is 2. The van der Waals surface area contributed by atoms with E-state index in [9.17, 15) is 14.7 Å². The Morgan fingerprint density at radius 1 is 1.04 bits per heavy atom. The van der Waals surface area contributed by atoms with Crippen LogP contribution in [0.25, 0.3) is 0 Å². The summed E-state index contributed by atoms with van der Waals surface area (Å²) in [6.07, 6.45) is 0.703. The van der Waals surface area contributed by atoms with Gasteiger partial charge in [-0.05, 0) is 54.7 Å². The standard InChI is InChI=1S/C19H20O4/c1-3-17(14-5-4-6-15(11-14)19(22)23)18(12(2)20)13-7-9-16(21)10-8-13/h4-11,17-18,21H,3H2,1-2H3,(H,22,23)/t17-,18+/m1/s1. The normalized spacial score (nSPS) is 13.3. The highest BCUT2D eigenvalue weighted by atomic mass is 16.4. The molecule has 2 atom stereocenters. The highest BCUT2D eigenvalue weighted by molar-refractivity contribution is 5.88. The Hall–Kier alpha value is -2.62. The van der Waals surface area contributed by atoms with E-state index in [1.807, 2.05) is 13.0 Å². The molecule has 0 amide bonds. The van der Waals surface area contributed by atoms with E-state index in [0.29, 0.717) is 6.42 Å². The lowest BCUT2D eigenvalue weighted by Crippen LogP contribution is -2.18. The number of carboxylic acid groups (broad SMARTS) is 1. The van der Waals surface area contributed by atoms with Crippen molar-refractivity contribution in [3.63, 3.8) is 0 Å². The molecule has 2 aromatic carbocycles. The summed E-state index contributed by atoms with van der Waals surface area (Å²) >= 11 is 0. The van der Waals surface area contributed by atoms with Gasteiger partial charge in [0.1, 0.15) is 11.5 Å². The van der Waals surface area contributed by atoms with Gasteiger partial charge in [0.05, 0.1) is 5.56 Å². The SMILES string of the molecule is CC[C@H](c1cccc(C(=O)O)c1)[C@@H](C(C)=O)c1ccc(O)cc1. The van der Waals surface area contributed by atoms with E-state index in [2.05, 4.69) is 0 Å². The van der Waals surface area contributed by atoms with Crippen LogP contribution in [0.3, 0.4) is 0 Å². The Bertz CT molecular complexity index is 704. The monoisotopic (exact) mass is 312 g/mol. The Morgan fingerprint density at radius 3 is 2.22 bits per heavy atom. The summed E-state index contributed by atoms with van der Waals surface area (Å²) < 4.78 is 0. The van der Waals surface area contributed by atoms with Gasteiger partial charge in [-0.25, -0.2) is 4.79 Å². The van der Waals surface area contributed by atoms with E-state index in [1.54, 1.807) is 49.4 Å². The van der Waals surface area contributed by atoms with Gasteiger partial charge in [0, 0.05) is 5.92 Å². The number of aromatic carboxylic acids is 1. The molecule has 120 valence electrons. The van der Waals surface area contributed by atoms with Crippen LogP contribution in [0.5, 0.6) is 5.75 Å². The minimum absolute atomic E-state index is 0.0169. The van der Waals surface area contributed by atoms with E-state index in [1.165, 1.54) is 0 Å². The molecule has 0 aromatic heterocycles. The second kappa shape index (κ2) is 7.09. The Morgan fingerprint density at radius 2 is 1.70 bits per heavy atom. The third-order valence-electron chi connectivity index (χ3n) is 4.09. The number of hydrogen-bond acceptors (Lipinski definition) is 3. The first-order valence-corrected chi connectivity index (χ1v) is 7.56. The van der Waals surface area contributed by atoms with Crippen LogP contribution in [0.4, 0.5) is 0 Å². The molecule has 23 heavy (non-hydrogen) atoms. The van der Waals surface area contributed by atoms with Gasteiger partial charge in [-0.15, -0.1) is 0 Å². The lowest BCUT2D eigenvalue weighted by atomic mass is 9.77. The first kappa shape index (κ1) is 16.7. The first-order valence-electron chi connectivity index (χ1n) is 7.56. The average molecular weight is 312 g/mol. The molecular formula is C19H20O4. The maximum absolute atomic E-state index is 12.2. The molecule has 0 aliphatic rings. The van der Waals surface area contributed by atoms with E-state index < -0.39 is 5.97 Å². The predicted molar refractivity (Wildman–Crippen MR) is 88.0 cm³/mol. The summed E-state index contributed by atoms with van der Waals surface area (Å²) in [5.41, 5.74) is 1.87. The number of hydrogen-bond donors (Lipinski definition) is 2. The van der Waals surface area contributed by atoms with Crippen LogP contribution in [-0.2, 0) is 4.79 Å². The number of benzene rings is 2. The highest BCUT2D eigenvalue weighted by Gasteiger charge is 2.27. The fourth-order valence-electron chi connectivity index (χ4n) is 3.00. The molecule has 0 spiro atoms. The molecule has 4 heteroatoms. The second-order valence-corrected chi connectivity index (χ2v) is 5.63. The largest absolute Gasteiger partial charge is 0.508 e. The van der Waals surface area contributed by atoms with Crippen molar-refractivity contribution in [2.24, 2.45) is 0 Å². The molecule has 0 fully saturated rings. The summed E-state index contributed by atoms with van der Waals surface area (Å²) in [7, 11) is 0. The number of Topliss-reactive ketones (excluding diaryl/α,β-unsaturated/α-hetero) is 1. The number of carbonyl (C=O) groups excluding carboxylic acids is 1. The summed E-state index contributed by atoms with van der Waals surface area (Å²) in [6.45, 7) is 3.52. The fraction of sp³-hybridized carbons (Fsp3) is 0.263. The lowest BCUT2D eigenvalue weighted by Gasteiger charge is -2.25. The minimum Gasteiger partial charge on any atom is -0.508 e. The van der Waals surface area contributed by atoms with Gasteiger partial charge in [0.2, 0.25) is 0 Å². The van der Waals surface area contributed by atoms with Crippen LogP contribution in [0.1, 0.15) is 53.6 Å². The van der Waals surface area contributed by atoms with Crippen molar-refractivity contribution < 1.29 is 19.8 Å². The van der Waals surface area contributed by atoms with Crippen molar-refractivity contribution in [3.05, 3.63) is 65.2 Å². The molecule has 0 saturated heterocycles. The lowest BCUT2D eigenvalue weighted by molar-refractivity contribution is -0.119. The molecule has 0 aliphatic carbocycles. The van der Waals surface area contributed by atoms with Crippen molar-refractivity contribution in [1.29, 1.82) is 0 Å². The summed E-state index contributed by atoms with van der Waals surface area (Å²) in [4.78, 5) is 23.4. The number of aromatic hydroxyl groups is 1. The van der Waals surface area contributed by atoms with Crippen LogP contribution in [0.15, 0.2) is 48.5 Å². The van der Waals surface area contributed by atoms with Gasteiger partial charge in [0.15, 0.2) is 0 Å². The van der Waals surface area contributed by atoms with E-state index in [4.69, 9.17) is 5.11 Å². The van der Waals surface area contributed by atoms with E-state index in [0.717, 1.165) is 11.1 Å². The third kappa shape index (κ3) is 3.77. The number of ketones is 1. The van der Waals surface area contributed by atoms with Gasteiger partial charge < -0.3 is 10.2 Å². The zero-order valence-corrected chi connectivity index (χ0v) is 13.2. The second-order valence-electron chi connectivity index (χ2n) is 5.63. The van der Waals surface area contributed by atoms with Gasteiger partial charge in [-0.1, -0.05) is 31.2 Å². The van der Waals surface area contributed by atoms with Gasteiger partial charge in [-0.2, -0.15) is 0 Å². The molecule has 0 heterocycles. The molecule has 2 rings (SSSR count). The topological polar surface area (TPSA) is 74.6 Å². The maximum Gasteiger partial charge on any atom is 0.335 e. The Kier molecular flexibility index (Phi) is 5.16. The van der Waals surface area contributed by atoms with Gasteiger partial charge in [-0.3, -0.25) is 4.79 Å². The van der Waals surface area contributed by atoms with Crippen LogP contribution in [-0.4, -0.2) is 22.0 Å². The van der Waals surface area contributed by atoms with Crippen LogP contribution in [0.2, 0.25) is 0 Å². The molecular weight excluding hydrogens is 292 g/mol. The number of rotatable bonds is 6. The Balaban J connectivity index is 2.47. The van der Waals surface area contributed by atoms with Crippen molar-refractivity contribution in [3.8, 4) is 5.75 Å². The smallest absolute Gasteiger partial charge is 0.335 e. The summed E-state index contributed by atoms with van der Waals surface area (Å²) in [6, 6.07) is 13.3. The van der Waals surface area contributed by atoms with Crippen LogP contribution in [0, 0.1) is 0 Å². The molecule has 4 nitrogen and oxygen atoms in total. The van der Waals surface area contributed by atoms with Gasteiger partial charge >= 0.3 is 5.97 Å². The molecule has 0 aliphatic heterocycles. The van der Waals surface area contributed by atoms with Gasteiger partial charge in [0.25, 0.3) is 0 Å². The summed E-state index contributed by atoms with van der Waals surface area (Å²) in [5, 5.41) is 18.6. The van der Waals surface area contributed by atoms with Crippen LogP contribution >= 0.6 is 0 Å². The zero-order valence-electron chi connectivity index (χ0n) is 13.2. The maximum atomic E-state index is 12.2. The predicted octanol–water partition coefficient (Wildman–Crippen LogP) is 3.96. The molecule has 0 bridgehead atoms. The number of carboxylic acids is 1. The molecule has 0 unspecified atom stereocenters. The zero-order chi connectivity index (χ0) is 17.0. The molecule has 2 aromatic rings.